The first-order chi connectivity index (χ1) is 11.1. The van der Waals surface area contributed by atoms with Crippen LogP contribution >= 0.6 is 0 Å². The van der Waals surface area contributed by atoms with Gasteiger partial charge >= 0.3 is 0 Å². The van der Waals surface area contributed by atoms with Gasteiger partial charge in [-0.3, -0.25) is 0 Å². The second-order valence-electron chi connectivity index (χ2n) is 6.31. The Balaban J connectivity index is 1.93. The van der Waals surface area contributed by atoms with Crippen LogP contribution in [-0.2, 0) is 6.54 Å². The van der Waals surface area contributed by atoms with Gasteiger partial charge in [-0.2, -0.15) is 0 Å². The van der Waals surface area contributed by atoms with Crippen molar-refractivity contribution in [1.29, 1.82) is 0 Å². The Labute approximate surface area is 140 Å². The number of rotatable bonds is 5. The van der Waals surface area contributed by atoms with Crippen molar-refractivity contribution in [3.8, 4) is 0 Å². The van der Waals surface area contributed by atoms with E-state index in [2.05, 4.69) is 70.4 Å². The largest absolute Gasteiger partial charge is 0.357 e. The van der Waals surface area contributed by atoms with E-state index >= 15 is 0 Å². The number of pyridine rings is 1. The monoisotopic (exact) mass is 318 g/mol. The summed E-state index contributed by atoms with van der Waals surface area (Å²) in [5.74, 6) is 1.92. The second-order valence-corrected chi connectivity index (χ2v) is 6.31. The molecule has 0 aromatic carbocycles. The Kier molecular flexibility index (Phi) is 6.65. The highest BCUT2D eigenvalue weighted by Gasteiger charge is 2.14. The molecule has 2 N–H and O–H groups in total. The summed E-state index contributed by atoms with van der Waals surface area (Å²) in [6, 6.07) is 4.60. The molecule has 23 heavy (non-hydrogen) atoms. The van der Waals surface area contributed by atoms with Crippen molar-refractivity contribution < 1.29 is 0 Å². The lowest BCUT2D eigenvalue weighted by molar-refractivity contribution is 0.312. The maximum absolute atomic E-state index is 4.61. The van der Waals surface area contributed by atoms with Gasteiger partial charge in [-0.1, -0.05) is 6.07 Å². The van der Waals surface area contributed by atoms with E-state index < -0.39 is 0 Å². The Morgan fingerprint density at radius 2 is 2.00 bits per heavy atom. The highest BCUT2D eigenvalue weighted by Crippen LogP contribution is 2.13. The zero-order chi connectivity index (χ0) is 16.7. The Hall–Kier alpha value is -1.82. The number of aromatic nitrogens is 1. The standard InChI is InChI=1S/C17H30N6/c1-5-18-17(21-14(2)3)20-13-15-6-7-16(19-12-15)23-10-8-22(4)9-11-23/h6-7,12,14H,5,8-11,13H2,1-4H3,(H2,18,20,21). The van der Waals surface area contributed by atoms with Gasteiger partial charge in [-0.25, -0.2) is 9.98 Å². The van der Waals surface area contributed by atoms with E-state index in [0.717, 1.165) is 50.1 Å². The molecule has 0 amide bonds. The number of hydrogen-bond acceptors (Lipinski definition) is 4. The summed E-state index contributed by atoms with van der Waals surface area (Å²) in [6.45, 7) is 12.1. The molecule has 2 rings (SSSR count). The van der Waals surface area contributed by atoms with Crippen LogP contribution < -0.4 is 15.5 Å². The van der Waals surface area contributed by atoms with Gasteiger partial charge in [0.15, 0.2) is 5.96 Å². The molecule has 1 aromatic heterocycles. The van der Waals surface area contributed by atoms with Crippen LogP contribution in [0.15, 0.2) is 23.3 Å². The van der Waals surface area contributed by atoms with Crippen molar-refractivity contribution in [2.24, 2.45) is 4.99 Å². The fourth-order valence-electron chi connectivity index (χ4n) is 2.50. The second kappa shape index (κ2) is 8.72. The van der Waals surface area contributed by atoms with Crippen LogP contribution in [0.1, 0.15) is 26.3 Å². The van der Waals surface area contributed by atoms with E-state index in [9.17, 15) is 0 Å². The normalized spacial score (nSPS) is 16.7. The maximum atomic E-state index is 4.61. The van der Waals surface area contributed by atoms with Gasteiger partial charge in [0.05, 0.1) is 6.54 Å². The van der Waals surface area contributed by atoms with Crippen molar-refractivity contribution in [3.63, 3.8) is 0 Å². The molecule has 0 bridgehead atoms. The summed E-state index contributed by atoms with van der Waals surface area (Å²) in [4.78, 5) is 13.9. The topological polar surface area (TPSA) is 55.8 Å². The lowest BCUT2D eigenvalue weighted by Gasteiger charge is -2.33. The predicted octanol–water partition coefficient (Wildman–Crippen LogP) is 1.30. The quantitative estimate of drug-likeness (QED) is 0.633. The van der Waals surface area contributed by atoms with Crippen molar-refractivity contribution in [2.75, 3.05) is 44.7 Å². The van der Waals surface area contributed by atoms with Crippen LogP contribution in [0.25, 0.3) is 0 Å². The van der Waals surface area contributed by atoms with Crippen molar-refractivity contribution in [2.45, 2.75) is 33.4 Å². The van der Waals surface area contributed by atoms with Gasteiger partial charge in [0.1, 0.15) is 5.82 Å². The minimum absolute atomic E-state index is 0.366. The van der Waals surface area contributed by atoms with Crippen molar-refractivity contribution in [1.82, 2.24) is 20.5 Å². The molecule has 1 fully saturated rings. The highest BCUT2D eigenvalue weighted by molar-refractivity contribution is 5.79. The number of guanidine groups is 1. The van der Waals surface area contributed by atoms with Crippen LogP contribution in [0, 0.1) is 0 Å². The van der Waals surface area contributed by atoms with Gasteiger partial charge in [-0.05, 0) is 39.4 Å². The van der Waals surface area contributed by atoms with Gasteiger partial charge < -0.3 is 20.4 Å². The summed E-state index contributed by atoms with van der Waals surface area (Å²) < 4.78 is 0. The highest BCUT2D eigenvalue weighted by atomic mass is 15.3. The zero-order valence-corrected chi connectivity index (χ0v) is 14.8. The van der Waals surface area contributed by atoms with Crippen molar-refractivity contribution in [3.05, 3.63) is 23.9 Å². The van der Waals surface area contributed by atoms with E-state index in [1.807, 2.05) is 6.20 Å². The maximum Gasteiger partial charge on any atom is 0.191 e. The molecule has 128 valence electrons. The Morgan fingerprint density at radius 3 is 2.57 bits per heavy atom. The van der Waals surface area contributed by atoms with E-state index in [1.165, 1.54) is 0 Å². The molecule has 1 aliphatic rings. The molecule has 6 nitrogen and oxygen atoms in total. The average Bonchev–Trinajstić information content (AvgIpc) is 2.54. The number of anilines is 1. The molecule has 0 spiro atoms. The fourth-order valence-corrected chi connectivity index (χ4v) is 2.50. The first kappa shape index (κ1) is 17.5. The van der Waals surface area contributed by atoms with E-state index in [4.69, 9.17) is 0 Å². The number of aliphatic imine (C=N–C) groups is 1. The molecule has 0 aliphatic carbocycles. The predicted molar refractivity (Wildman–Crippen MR) is 97.0 cm³/mol. The molecule has 1 aromatic rings. The van der Waals surface area contributed by atoms with Gasteiger partial charge in [0, 0.05) is 45.0 Å². The minimum Gasteiger partial charge on any atom is -0.357 e. The number of nitrogens with zero attached hydrogens (tertiary/aromatic N) is 4. The summed E-state index contributed by atoms with van der Waals surface area (Å²) >= 11 is 0. The summed E-state index contributed by atoms with van der Waals surface area (Å²) in [5, 5.41) is 6.58. The molecule has 0 unspecified atom stereocenters. The molecular weight excluding hydrogens is 288 g/mol. The molecule has 6 heteroatoms. The molecular formula is C17H30N6. The first-order valence-electron chi connectivity index (χ1n) is 8.51. The van der Waals surface area contributed by atoms with Crippen LogP contribution in [0.3, 0.4) is 0 Å². The third-order valence-electron chi connectivity index (χ3n) is 3.83. The van der Waals surface area contributed by atoms with Gasteiger partial charge in [0.2, 0.25) is 0 Å². The summed E-state index contributed by atoms with van der Waals surface area (Å²) in [5.41, 5.74) is 1.13. The third kappa shape index (κ3) is 5.71. The molecule has 1 aliphatic heterocycles. The average molecular weight is 318 g/mol. The number of hydrogen-bond donors (Lipinski definition) is 2. The smallest absolute Gasteiger partial charge is 0.191 e. The number of piperazine rings is 1. The Morgan fingerprint density at radius 1 is 1.26 bits per heavy atom. The lowest BCUT2D eigenvalue weighted by atomic mass is 10.2. The van der Waals surface area contributed by atoms with Crippen LogP contribution in [0.4, 0.5) is 5.82 Å². The van der Waals surface area contributed by atoms with Gasteiger partial charge in [-0.15, -0.1) is 0 Å². The molecule has 1 saturated heterocycles. The molecule has 0 saturated carbocycles. The summed E-state index contributed by atoms with van der Waals surface area (Å²) in [7, 11) is 2.17. The van der Waals surface area contributed by atoms with Crippen LogP contribution in [0.5, 0.6) is 0 Å². The zero-order valence-electron chi connectivity index (χ0n) is 14.8. The van der Waals surface area contributed by atoms with Crippen LogP contribution in [-0.4, -0.2) is 61.7 Å². The lowest BCUT2D eigenvalue weighted by Crippen LogP contribution is -2.44. The van der Waals surface area contributed by atoms with E-state index in [1.54, 1.807) is 0 Å². The van der Waals surface area contributed by atoms with Crippen molar-refractivity contribution >= 4 is 11.8 Å². The third-order valence-corrected chi connectivity index (χ3v) is 3.83. The molecule has 2 heterocycles. The van der Waals surface area contributed by atoms with Gasteiger partial charge in [0.25, 0.3) is 0 Å². The first-order valence-corrected chi connectivity index (χ1v) is 8.51. The van der Waals surface area contributed by atoms with E-state index in [-0.39, 0.29) is 0 Å². The van der Waals surface area contributed by atoms with Crippen LogP contribution in [0.2, 0.25) is 0 Å². The minimum atomic E-state index is 0.366. The number of likely N-dealkylation sites (N-methyl/N-ethyl adjacent to an activating group) is 1. The SMILES string of the molecule is CCNC(=NCc1ccc(N2CCN(C)CC2)nc1)NC(C)C. The number of nitrogens with one attached hydrogen (secondary N) is 2. The molecule has 0 atom stereocenters. The molecule has 0 radical (unpaired) electrons. The fraction of sp³-hybridized carbons (Fsp3) is 0.647. The summed E-state index contributed by atoms with van der Waals surface area (Å²) in [6.07, 6.45) is 1.94. The Bertz CT molecular complexity index is 488. The van der Waals surface area contributed by atoms with E-state index in [0.29, 0.717) is 12.6 Å².